The van der Waals surface area contributed by atoms with E-state index in [1.165, 1.54) is 31.4 Å². The molecule has 2 aromatic carbocycles. The van der Waals surface area contributed by atoms with Crippen LogP contribution in [-0.2, 0) is 0 Å². The predicted octanol–water partition coefficient (Wildman–Crippen LogP) is 2.49. The van der Waals surface area contributed by atoms with Gasteiger partial charge in [0.1, 0.15) is 17.3 Å². The molecule has 0 unspecified atom stereocenters. The maximum atomic E-state index is 13.3. The van der Waals surface area contributed by atoms with E-state index in [0.717, 1.165) is 12.1 Å². The lowest BCUT2D eigenvalue weighted by molar-refractivity contribution is 0.0691. The lowest BCUT2D eigenvalue weighted by Gasteiger charge is -2.09. The first-order chi connectivity index (χ1) is 10.4. The van der Waals surface area contributed by atoms with Gasteiger partial charge >= 0.3 is 5.97 Å². The van der Waals surface area contributed by atoms with Crippen LogP contribution < -0.4 is 10.1 Å². The number of amides is 1. The summed E-state index contributed by atoms with van der Waals surface area (Å²) in [7, 11) is 1.41. The molecule has 0 saturated heterocycles. The Morgan fingerprint density at radius 2 is 1.86 bits per heavy atom. The number of carbonyl (C=O) groups is 2. The molecule has 0 spiro atoms. The number of ether oxygens (including phenoxy) is 1. The van der Waals surface area contributed by atoms with Crippen molar-refractivity contribution in [1.29, 1.82) is 0 Å². The van der Waals surface area contributed by atoms with Crippen molar-refractivity contribution in [2.24, 2.45) is 0 Å². The largest absolute Gasteiger partial charge is 0.507 e. The van der Waals surface area contributed by atoms with Gasteiger partial charge in [-0.3, -0.25) is 4.79 Å². The van der Waals surface area contributed by atoms with Gasteiger partial charge in [0.15, 0.2) is 0 Å². The number of aromatic carboxylic acids is 1. The number of aromatic hydroxyl groups is 1. The van der Waals surface area contributed by atoms with E-state index in [4.69, 9.17) is 9.84 Å². The van der Waals surface area contributed by atoms with Crippen LogP contribution in [0.2, 0.25) is 0 Å². The number of nitrogens with one attached hydrogen (secondary N) is 1. The van der Waals surface area contributed by atoms with Gasteiger partial charge in [0.2, 0.25) is 0 Å². The van der Waals surface area contributed by atoms with E-state index in [9.17, 15) is 19.1 Å². The molecule has 114 valence electrons. The molecule has 0 aromatic heterocycles. The molecule has 6 nitrogen and oxygen atoms in total. The van der Waals surface area contributed by atoms with Crippen LogP contribution >= 0.6 is 0 Å². The average Bonchev–Trinajstić information content (AvgIpc) is 2.49. The third-order valence-electron chi connectivity index (χ3n) is 2.90. The standard InChI is InChI=1S/C15H12FNO5/c1-22-9-3-5-13(18)11(7-9)14(19)17-8-2-4-12(16)10(6-8)15(20)21/h2-7,18H,1H3,(H,17,19)(H,20,21). The molecule has 7 heteroatoms. The second-order valence-electron chi connectivity index (χ2n) is 4.34. The molecule has 1 amide bonds. The van der Waals surface area contributed by atoms with E-state index in [-0.39, 0.29) is 17.0 Å². The van der Waals surface area contributed by atoms with E-state index in [1.54, 1.807) is 0 Å². The Bertz CT molecular complexity index is 745. The smallest absolute Gasteiger partial charge is 0.338 e. The molecule has 0 heterocycles. The van der Waals surface area contributed by atoms with Crippen molar-refractivity contribution in [2.75, 3.05) is 12.4 Å². The molecular formula is C15H12FNO5. The van der Waals surface area contributed by atoms with E-state index in [0.29, 0.717) is 5.75 Å². The zero-order chi connectivity index (χ0) is 16.3. The fourth-order valence-corrected chi connectivity index (χ4v) is 1.79. The Morgan fingerprint density at radius 3 is 2.50 bits per heavy atom. The minimum Gasteiger partial charge on any atom is -0.507 e. The van der Waals surface area contributed by atoms with Crippen LogP contribution in [0.25, 0.3) is 0 Å². The Hall–Kier alpha value is -3.09. The van der Waals surface area contributed by atoms with E-state index < -0.39 is 23.3 Å². The quantitative estimate of drug-likeness (QED) is 0.806. The van der Waals surface area contributed by atoms with Crippen molar-refractivity contribution >= 4 is 17.6 Å². The third kappa shape index (κ3) is 3.14. The Kier molecular flexibility index (Phi) is 4.26. The fraction of sp³-hybridized carbons (Fsp3) is 0.0667. The molecule has 3 N–H and O–H groups in total. The molecule has 0 atom stereocenters. The van der Waals surface area contributed by atoms with Gasteiger partial charge in [-0.2, -0.15) is 0 Å². The Balaban J connectivity index is 2.29. The second kappa shape index (κ2) is 6.13. The monoisotopic (exact) mass is 305 g/mol. The van der Waals surface area contributed by atoms with Gasteiger partial charge in [0.25, 0.3) is 5.91 Å². The SMILES string of the molecule is COc1ccc(O)c(C(=O)Nc2ccc(F)c(C(=O)O)c2)c1. The molecule has 0 aliphatic heterocycles. The molecule has 2 aromatic rings. The first-order valence-electron chi connectivity index (χ1n) is 6.13. The Morgan fingerprint density at radius 1 is 1.14 bits per heavy atom. The van der Waals surface area contributed by atoms with Crippen molar-refractivity contribution in [3.63, 3.8) is 0 Å². The van der Waals surface area contributed by atoms with E-state index in [2.05, 4.69) is 5.32 Å². The number of carboxylic acid groups (broad SMARTS) is 1. The predicted molar refractivity (Wildman–Crippen MR) is 76.0 cm³/mol. The van der Waals surface area contributed by atoms with Crippen molar-refractivity contribution in [2.45, 2.75) is 0 Å². The van der Waals surface area contributed by atoms with Crippen LogP contribution in [0.4, 0.5) is 10.1 Å². The van der Waals surface area contributed by atoms with Gasteiger partial charge in [0.05, 0.1) is 18.2 Å². The van der Waals surface area contributed by atoms with Crippen LogP contribution in [0.15, 0.2) is 36.4 Å². The normalized spacial score (nSPS) is 10.1. The van der Waals surface area contributed by atoms with Gasteiger partial charge in [0, 0.05) is 5.69 Å². The second-order valence-corrected chi connectivity index (χ2v) is 4.34. The van der Waals surface area contributed by atoms with Gasteiger partial charge in [-0.25, -0.2) is 9.18 Å². The number of carboxylic acids is 1. The summed E-state index contributed by atoms with van der Waals surface area (Å²) in [4.78, 5) is 23.0. The van der Waals surface area contributed by atoms with Crippen LogP contribution in [0.5, 0.6) is 11.5 Å². The van der Waals surface area contributed by atoms with E-state index >= 15 is 0 Å². The molecule has 0 aliphatic rings. The van der Waals surface area contributed by atoms with Crippen LogP contribution in [-0.4, -0.2) is 29.2 Å². The first-order valence-corrected chi connectivity index (χ1v) is 6.13. The van der Waals surface area contributed by atoms with Crippen molar-refractivity contribution in [3.8, 4) is 11.5 Å². The lowest BCUT2D eigenvalue weighted by atomic mass is 10.1. The first kappa shape index (κ1) is 15.3. The van der Waals surface area contributed by atoms with Gasteiger partial charge < -0.3 is 20.3 Å². The maximum absolute atomic E-state index is 13.3. The summed E-state index contributed by atoms with van der Waals surface area (Å²) in [6, 6.07) is 7.24. The molecule has 2 rings (SSSR count). The molecule has 0 fully saturated rings. The summed E-state index contributed by atoms with van der Waals surface area (Å²) < 4.78 is 18.3. The zero-order valence-electron chi connectivity index (χ0n) is 11.5. The molecule has 0 aliphatic carbocycles. The van der Waals surface area contributed by atoms with Crippen molar-refractivity contribution < 1.29 is 28.9 Å². The van der Waals surface area contributed by atoms with Crippen LogP contribution in [0.3, 0.4) is 0 Å². The van der Waals surface area contributed by atoms with Crippen LogP contribution in [0, 0.1) is 5.82 Å². The summed E-state index contributed by atoms with van der Waals surface area (Å²) in [6.45, 7) is 0. The number of carbonyl (C=O) groups excluding carboxylic acids is 1. The molecule has 0 bridgehead atoms. The molecule has 0 radical (unpaired) electrons. The summed E-state index contributed by atoms with van der Waals surface area (Å²) in [5.41, 5.74) is -0.528. The number of anilines is 1. The zero-order valence-corrected chi connectivity index (χ0v) is 11.5. The fourth-order valence-electron chi connectivity index (χ4n) is 1.79. The average molecular weight is 305 g/mol. The highest BCUT2D eigenvalue weighted by atomic mass is 19.1. The molecule has 0 saturated carbocycles. The van der Waals surface area contributed by atoms with Gasteiger partial charge in [-0.05, 0) is 36.4 Å². The van der Waals surface area contributed by atoms with E-state index in [1.807, 2.05) is 0 Å². The minimum atomic E-state index is -1.45. The van der Waals surface area contributed by atoms with Gasteiger partial charge in [-0.15, -0.1) is 0 Å². The molecular weight excluding hydrogens is 293 g/mol. The van der Waals surface area contributed by atoms with Crippen molar-refractivity contribution in [3.05, 3.63) is 53.3 Å². The number of methoxy groups -OCH3 is 1. The summed E-state index contributed by atoms with van der Waals surface area (Å²) in [5, 5.41) is 20.9. The highest BCUT2D eigenvalue weighted by molar-refractivity contribution is 6.06. The molecule has 22 heavy (non-hydrogen) atoms. The number of halogens is 1. The Labute approximate surface area is 124 Å². The highest BCUT2D eigenvalue weighted by Crippen LogP contribution is 2.24. The number of hydrogen-bond acceptors (Lipinski definition) is 4. The topological polar surface area (TPSA) is 95.9 Å². The number of rotatable bonds is 4. The lowest BCUT2D eigenvalue weighted by Crippen LogP contribution is -2.13. The number of phenols is 1. The maximum Gasteiger partial charge on any atom is 0.338 e. The summed E-state index contributed by atoms with van der Waals surface area (Å²) >= 11 is 0. The number of benzene rings is 2. The van der Waals surface area contributed by atoms with Crippen LogP contribution in [0.1, 0.15) is 20.7 Å². The minimum absolute atomic E-state index is 0.0550. The highest BCUT2D eigenvalue weighted by Gasteiger charge is 2.15. The van der Waals surface area contributed by atoms with Gasteiger partial charge in [-0.1, -0.05) is 0 Å². The number of hydrogen-bond donors (Lipinski definition) is 3. The summed E-state index contributed by atoms with van der Waals surface area (Å²) in [6.07, 6.45) is 0. The number of phenolic OH excluding ortho intramolecular Hbond substituents is 1. The van der Waals surface area contributed by atoms with Crippen molar-refractivity contribution in [1.82, 2.24) is 0 Å². The summed E-state index contributed by atoms with van der Waals surface area (Å²) in [5.74, 6) is -2.93. The third-order valence-corrected chi connectivity index (χ3v) is 2.90.